The number of hydrogen-bond donors (Lipinski definition) is 2. The molecule has 2 aliphatic rings. The first kappa shape index (κ1) is 23.9. The van der Waals surface area contributed by atoms with Crippen LogP contribution in [0.25, 0.3) is 11.3 Å². The predicted molar refractivity (Wildman–Crippen MR) is 124 cm³/mol. The second-order valence-corrected chi connectivity index (χ2v) is 8.61. The maximum atomic E-state index is 14.6. The minimum Gasteiger partial charge on any atom is -0.493 e. The molecule has 4 heterocycles. The van der Waals surface area contributed by atoms with Gasteiger partial charge in [-0.1, -0.05) is 6.07 Å². The van der Waals surface area contributed by atoms with Gasteiger partial charge in [-0.25, -0.2) is 18.2 Å². The van der Waals surface area contributed by atoms with Crippen molar-refractivity contribution in [2.75, 3.05) is 37.5 Å². The summed E-state index contributed by atoms with van der Waals surface area (Å²) in [4.78, 5) is 5.77. The number of ether oxygens (including phenoxy) is 3. The number of aliphatic hydroxyl groups excluding tert-OH is 1. The SMILES string of the molecule is COc1cc(CO)cnc1O[C@H]1CN2c3cc(-c4cccc(F)c4OC)nnc3NC[C@]2(C(F)F)C1. The maximum Gasteiger partial charge on any atom is 0.263 e. The molecule has 2 N–H and O–H groups in total. The molecule has 1 fully saturated rings. The third-order valence-corrected chi connectivity index (χ3v) is 6.54. The van der Waals surface area contributed by atoms with Crippen molar-refractivity contribution in [2.24, 2.45) is 0 Å². The summed E-state index contributed by atoms with van der Waals surface area (Å²) in [6.45, 7) is -0.170. The molecule has 0 saturated carbocycles. The summed E-state index contributed by atoms with van der Waals surface area (Å²) in [5, 5.41) is 20.7. The molecule has 0 bridgehead atoms. The Bertz CT molecular complexity index is 1280. The normalized spacial score (nSPS) is 20.5. The van der Waals surface area contributed by atoms with Crippen LogP contribution in [0.1, 0.15) is 12.0 Å². The minimum absolute atomic E-state index is 0.00460. The Labute approximate surface area is 204 Å². The first-order chi connectivity index (χ1) is 17.4. The summed E-state index contributed by atoms with van der Waals surface area (Å²) in [7, 11) is 2.78. The second kappa shape index (κ2) is 9.34. The molecule has 9 nitrogen and oxygen atoms in total. The minimum atomic E-state index is -2.71. The highest BCUT2D eigenvalue weighted by molar-refractivity contribution is 5.78. The fourth-order valence-corrected chi connectivity index (χ4v) is 4.77. The van der Waals surface area contributed by atoms with Gasteiger partial charge in [0.15, 0.2) is 23.1 Å². The van der Waals surface area contributed by atoms with Crippen molar-refractivity contribution in [3.05, 3.63) is 47.9 Å². The van der Waals surface area contributed by atoms with Gasteiger partial charge in [-0.05, 0) is 29.8 Å². The number of methoxy groups -OCH3 is 2. The monoisotopic (exact) mass is 503 g/mol. The van der Waals surface area contributed by atoms with Gasteiger partial charge in [-0.3, -0.25) is 0 Å². The number of halogens is 3. The van der Waals surface area contributed by atoms with Crippen LogP contribution < -0.4 is 24.4 Å². The van der Waals surface area contributed by atoms with Gasteiger partial charge in [0.25, 0.3) is 12.3 Å². The molecule has 2 aromatic heterocycles. The van der Waals surface area contributed by atoms with Crippen LogP contribution in [0.15, 0.2) is 36.5 Å². The quantitative estimate of drug-likeness (QED) is 0.503. The number of nitrogens with one attached hydrogen (secondary N) is 1. The topological polar surface area (TPSA) is 102 Å². The first-order valence-corrected chi connectivity index (χ1v) is 11.2. The molecular weight excluding hydrogens is 479 g/mol. The van der Waals surface area contributed by atoms with Crippen LogP contribution in [0.3, 0.4) is 0 Å². The van der Waals surface area contributed by atoms with Crippen LogP contribution in [0.5, 0.6) is 17.4 Å². The number of para-hydroxylation sites is 1. The molecule has 5 rings (SSSR count). The number of aliphatic hydroxyl groups is 1. The molecule has 2 atom stereocenters. The molecule has 0 unspecified atom stereocenters. The number of aromatic nitrogens is 3. The van der Waals surface area contributed by atoms with E-state index in [2.05, 4.69) is 20.5 Å². The van der Waals surface area contributed by atoms with Gasteiger partial charge in [0.2, 0.25) is 0 Å². The third-order valence-electron chi connectivity index (χ3n) is 6.54. The molecule has 0 spiro atoms. The van der Waals surface area contributed by atoms with E-state index in [1.165, 1.54) is 32.5 Å². The van der Waals surface area contributed by atoms with Gasteiger partial charge in [-0.2, -0.15) is 0 Å². The first-order valence-electron chi connectivity index (χ1n) is 11.2. The lowest BCUT2D eigenvalue weighted by atomic mass is 9.93. The average Bonchev–Trinajstić information content (AvgIpc) is 3.28. The van der Waals surface area contributed by atoms with E-state index in [0.29, 0.717) is 28.4 Å². The lowest BCUT2D eigenvalue weighted by Crippen LogP contribution is -2.57. The van der Waals surface area contributed by atoms with Crippen LogP contribution >= 0.6 is 0 Å². The summed E-state index contributed by atoms with van der Waals surface area (Å²) in [6.07, 6.45) is -1.91. The van der Waals surface area contributed by atoms with E-state index in [4.69, 9.17) is 14.2 Å². The van der Waals surface area contributed by atoms with Crippen molar-refractivity contribution in [1.82, 2.24) is 15.2 Å². The van der Waals surface area contributed by atoms with Crippen LogP contribution in [0.2, 0.25) is 0 Å². The molecule has 1 saturated heterocycles. The van der Waals surface area contributed by atoms with Crippen LogP contribution in [-0.4, -0.2) is 65.7 Å². The maximum absolute atomic E-state index is 14.6. The standard InChI is InChI=1S/C24H24F3N5O4/c1-34-19-6-13(11-33)9-28-22(19)36-14-8-24(23(26)27)12-29-21-18(32(24)10-14)7-17(30-31-21)15-4-3-5-16(25)20(15)35-2/h3-7,9,14,23,33H,8,10-12H2,1-2H3,(H,29,31)/t14-,24+/m1/s1. The van der Waals surface area contributed by atoms with Crippen LogP contribution in [0, 0.1) is 5.82 Å². The molecule has 1 aromatic carbocycles. The number of anilines is 2. The lowest BCUT2D eigenvalue weighted by molar-refractivity contribution is 0.0526. The molecule has 2 aliphatic heterocycles. The Balaban J connectivity index is 1.51. The van der Waals surface area contributed by atoms with Crippen molar-refractivity contribution in [3.63, 3.8) is 0 Å². The Kier molecular flexibility index (Phi) is 6.20. The van der Waals surface area contributed by atoms with Gasteiger partial charge in [0, 0.05) is 24.7 Å². The highest BCUT2D eigenvalue weighted by atomic mass is 19.3. The molecule has 0 aliphatic carbocycles. The predicted octanol–water partition coefficient (Wildman–Crippen LogP) is 3.27. The number of rotatable bonds is 7. The fraction of sp³-hybridized carbons (Fsp3) is 0.375. The molecule has 3 aromatic rings. The van der Waals surface area contributed by atoms with Crippen LogP contribution in [0.4, 0.5) is 24.7 Å². The Morgan fingerprint density at radius 2 is 2.06 bits per heavy atom. The van der Waals surface area contributed by atoms with E-state index in [9.17, 15) is 18.3 Å². The Morgan fingerprint density at radius 3 is 2.78 bits per heavy atom. The van der Waals surface area contributed by atoms with E-state index in [1.54, 1.807) is 23.1 Å². The largest absolute Gasteiger partial charge is 0.493 e. The van der Waals surface area contributed by atoms with Gasteiger partial charge in [-0.15, -0.1) is 10.2 Å². The lowest BCUT2D eigenvalue weighted by Gasteiger charge is -2.43. The van der Waals surface area contributed by atoms with Crippen molar-refractivity contribution in [2.45, 2.75) is 31.1 Å². The Hall–Kier alpha value is -3.80. The van der Waals surface area contributed by atoms with Crippen molar-refractivity contribution >= 4 is 11.5 Å². The van der Waals surface area contributed by atoms with Crippen molar-refractivity contribution in [3.8, 4) is 28.6 Å². The van der Waals surface area contributed by atoms with E-state index < -0.39 is 23.9 Å². The number of pyridine rings is 1. The zero-order chi connectivity index (χ0) is 25.4. The highest BCUT2D eigenvalue weighted by Crippen LogP contribution is 2.47. The van der Waals surface area contributed by atoms with Crippen LogP contribution in [-0.2, 0) is 6.61 Å². The Morgan fingerprint density at radius 1 is 1.22 bits per heavy atom. The van der Waals surface area contributed by atoms with Gasteiger partial charge in [0.1, 0.15) is 11.6 Å². The fourth-order valence-electron chi connectivity index (χ4n) is 4.77. The molecule has 0 amide bonds. The summed E-state index contributed by atoms with van der Waals surface area (Å²) < 4.78 is 60.0. The van der Waals surface area contributed by atoms with E-state index in [-0.39, 0.29) is 43.4 Å². The molecule has 12 heteroatoms. The van der Waals surface area contributed by atoms with E-state index >= 15 is 0 Å². The van der Waals surface area contributed by atoms with Crippen molar-refractivity contribution in [1.29, 1.82) is 0 Å². The number of nitrogens with zero attached hydrogens (tertiary/aromatic N) is 4. The molecule has 190 valence electrons. The number of benzene rings is 1. The molecular formula is C24H24F3N5O4. The smallest absolute Gasteiger partial charge is 0.263 e. The zero-order valence-electron chi connectivity index (χ0n) is 19.5. The summed E-state index contributed by atoms with van der Waals surface area (Å²) in [6, 6.07) is 7.57. The van der Waals surface area contributed by atoms with E-state index in [1.807, 2.05) is 0 Å². The van der Waals surface area contributed by atoms with E-state index in [0.717, 1.165) is 0 Å². The molecule has 36 heavy (non-hydrogen) atoms. The highest BCUT2D eigenvalue weighted by Gasteiger charge is 2.56. The number of fused-ring (bicyclic) bond motifs is 3. The van der Waals surface area contributed by atoms with Gasteiger partial charge in [0.05, 0.1) is 38.8 Å². The molecule has 0 radical (unpaired) electrons. The summed E-state index contributed by atoms with van der Waals surface area (Å²) in [5.41, 5.74) is 0.00115. The summed E-state index contributed by atoms with van der Waals surface area (Å²) >= 11 is 0. The van der Waals surface area contributed by atoms with Crippen molar-refractivity contribution < 1.29 is 32.5 Å². The number of alkyl halides is 2. The van der Waals surface area contributed by atoms with Gasteiger partial charge >= 0.3 is 0 Å². The third kappa shape index (κ3) is 3.91. The number of hydrogen-bond acceptors (Lipinski definition) is 9. The zero-order valence-corrected chi connectivity index (χ0v) is 19.5. The summed E-state index contributed by atoms with van der Waals surface area (Å²) in [5.74, 6) is 0.201. The second-order valence-electron chi connectivity index (χ2n) is 8.61. The van der Waals surface area contributed by atoms with Gasteiger partial charge < -0.3 is 29.5 Å². The average molecular weight is 503 g/mol.